The van der Waals surface area contributed by atoms with Gasteiger partial charge in [-0.1, -0.05) is 54.6 Å². The molecule has 190 valence electrons. The topological polar surface area (TPSA) is 43.9 Å². The second kappa shape index (κ2) is 9.66. The van der Waals surface area contributed by atoms with E-state index in [0.717, 1.165) is 60.4 Å². The zero-order valence-electron chi connectivity index (χ0n) is 21.5. The molecule has 0 bridgehead atoms. The summed E-state index contributed by atoms with van der Waals surface area (Å²) in [5, 5.41) is 0. The van der Waals surface area contributed by atoms with Crippen molar-refractivity contribution in [1.82, 2.24) is 4.90 Å². The first kappa shape index (κ1) is 24.3. The first-order valence-corrected chi connectivity index (χ1v) is 14.2. The molecule has 5 nitrogen and oxygen atoms in total. The lowest BCUT2D eigenvalue weighted by Gasteiger charge is -2.36. The van der Waals surface area contributed by atoms with Gasteiger partial charge in [-0.3, -0.25) is 24.3 Å². The molecule has 0 saturated carbocycles. The smallest absolute Gasteiger partial charge is 0.269 e. The van der Waals surface area contributed by atoms with Gasteiger partial charge in [-0.05, 0) is 73.9 Å². The molecule has 2 saturated heterocycles. The molecule has 0 aliphatic carbocycles. The van der Waals surface area contributed by atoms with Crippen molar-refractivity contribution in [2.45, 2.75) is 38.0 Å². The molecule has 6 rings (SSSR count). The van der Waals surface area contributed by atoms with Crippen molar-refractivity contribution < 1.29 is 9.59 Å². The van der Waals surface area contributed by atoms with Crippen LogP contribution in [-0.2, 0) is 20.9 Å². The first-order valence-electron chi connectivity index (χ1n) is 13.2. The highest BCUT2D eigenvalue weighted by Gasteiger charge is 2.61. The van der Waals surface area contributed by atoms with Crippen molar-refractivity contribution >= 4 is 35.0 Å². The van der Waals surface area contributed by atoms with Crippen molar-refractivity contribution in [2.75, 3.05) is 35.3 Å². The van der Waals surface area contributed by atoms with Gasteiger partial charge in [0.2, 0.25) is 10.8 Å². The molecule has 37 heavy (non-hydrogen) atoms. The normalized spacial score (nSPS) is 22.3. The number of anilines is 2. The Hall–Kier alpha value is -3.09. The Morgan fingerprint density at radius 2 is 1.57 bits per heavy atom. The van der Waals surface area contributed by atoms with E-state index in [0.29, 0.717) is 18.3 Å². The van der Waals surface area contributed by atoms with Gasteiger partial charge < -0.3 is 0 Å². The lowest BCUT2D eigenvalue weighted by Crippen LogP contribution is -2.52. The van der Waals surface area contributed by atoms with Crippen molar-refractivity contribution in [3.8, 4) is 0 Å². The molecule has 3 aliphatic heterocycles. The third-order valence-electron chi connectivity index (χ3n) is 7.94. The zero-order valence-corrected chi connectivity index (χ0v) is 22.3. The average Bonchev–Trinajstić information content (AvgIpc) is 3.36. The third-order valence-corrected chi connectivity index (χ3v) is 9.33. The summed E-state index contributed by atoms with van der Waals surface area (Å²) in [7, 11) is 0. The number of amides is 2. The van der Waals surface area contributed by atoms with E-state index in [1.165, 1.54) is 17.3 Å². The maximum Gasteiger partial charge on any atom is 0.269 e. The molecule has 0 radical (unpaired) electrons. The molecule has 1 atom stereocenters. The molecular weight excluding hydrogens is 478 g/mol. The summed E-state index contributed by atoms with van der Waals surface area (Å²) in [6.45, 7) is 6.59. The van der Waals surface area contributed by atoms with Gasteiger partial charge >= 0.3 is 0 Å². The number of aryl methyl sites for hydroxylation is 2. The molecule has 6 heteroatoms. The fourth-order valence-corrected chi connectivity index (χ4v) is 7.61. The number of likely N-dealkylation sites (tertiary alicyclic amines) is 1. The van der Waals surface area contributed by atoms with Crippen molar-refractivity contribution in [3.05, 3.63) is 95.1 Å². The lowest BCUT2D eigenvalue weighted by molar-refractivity contribution is -0.124. The Balaban J connectivity index is 1.25. The highest BCUT2D eigenvalue weighted by molar-refractivity contribution is 8.02. The van der Waals surface area contributed by atoms with Gasteiger partial charge in [0.1, 0.15) is 0 Å². The third kappa shape index (κ3) is 4.26. The molecule has 3 aromatic carbocycles. The highest BCUT2D eigenvalue weighted by Crippen LogP contribution is 2.55. The second-order valence-corrected chi connectivity index (χ2v) is 11.8. The molecule has 3 heterocycles. The van der Waals surface area contributed by atoms with E-state index in [2.05, 4.69) is 41.3 Å². The van der Waals surface area contributed by atoms with E-state index in [-0.39, 0.29) is 11.8 Å². The van der Waals surface area contributed by atoms with Crippen LogP contribution >= 0.6 is 11.8 Å². The largest absolute Gasteiger partial charge is 0.295 e. The van der Waals surface area contributed by atoms with Crippen molar-refractivity contribution in [3.63, 3.8) is 0 Å². The Morgan fingerprint density at radius 1 is 0.892 bits per heavy atom. The summed E-state index contributed by atoms with van der Waals surface area (Å²) in [6, 6.07) is 24.9. The first-order chi connectivity index (χ1) is 18.0. The quantitative estimate of drug-likeness (QED) is 0.454. The summed E-state index contributed by atoms with van der Waals surface area (Å²) < 4.78 is 0. The Morgan fingerprint density at radius 3 is 2.30 bits per heavy atom. The summed E-state index contributed by atoms with van der Waals surface area (Å²) in [4.78, 5) is 32.7. The van der Waals surface area contributed by atoms with Crippen LogP contribution < -0.4 is 9.80 Å². The van der Waals surface area contributed by atoms with Crippen molar-refractivity contribution in [1.29, 1.82) is 0 Å². The standard InChI is InChI=1S/C31H33N3O2S/c1-22-16-23(2)18-26(17-22)34-29(35)20-37-31(34)27-10-6-7-11-28(27)33(30(31)36)21-32-14-12-25(13-15-32)19-24-8-4-3-5-9-24/h3-11,16-18,25H,12-15,19-21H2,1-2H3/t31-/m0/s1. The number of para-hydroxylation sites is 1. The van der Waals surface area contributed by atoms with Crippen LogP contribution in [0.25, 0.3) is 0 Å². The van der Waals surface area contributed by atoms with Gasteiger partial charge in [-0.2, -0.15) is 0 Å². The molecule has 2 fully saturated rings. The van der Waals surface area contributed by atoms with Crippen LogP contribution in [0.3, 0.4) is 0 Å². The minimum atomic E-state index is -1.04. The summed E-state index contributed by atoms with van der Waals surface area (Å²) in [5.74, 6) is 0.956. The molecule has 1 spiro atoms. The number of thioether (sulfide) groups is 1. The van der Waals surface area contributed by atoms with Crippen molar-refractivity contribution in [2.24, 2.45) is 5.92 Å². The highest BCUT2D eigenvalue weighted by atomic mass is 32.2. The number of carbonyl (C=O) groups is 2. The van der Waals surface area contributed by atoms with E-state index in [1.54, 1.807) is 4.90 Å². The molecule has 0 aromatic heterocycles. The molecule has 3 aliphatic rings. The van der Waals surface area contributed by atoms with E-state index in [9.17, 15) is 9.59 Å². The summed E-state index contributed by atoms with van der Waals surface area (Å²) in [6.07, 6.45) is 3.38. The number of carbonyl (C=O) groups excluding carboxylic acids is 2. The van der Waals surface area contributed by atoms with E-state index in [1.807, 2.05) is 55.1 Å². The maximum absolute atomic E-state index is 14.3. The van der Waals surface area contributed by atoms with Gasteiger partial charge in [-0.25, -0.2) is 0 Å². The number of nitrogens with zero attached hydrogens (tertiary/aromatic N) is 3. The van der Waals surface area contributed by atoms with Crippen LogP contribution in [0, 0.1) is 19.8 Å². The number of benzene rings is 3. The predicted molar refractivity (Wildman–Crippen MR) is 151 cm³/mol. The van der Waals surface area contributed by atoms with Crippen LogP contribution in [0.5, 0.6) is 0 Å². The average molecular weight is 512 g/mol. The Bertz CT molecular complexity index is 1320. The van der Waals surface area contributed by atoms with Gasteiger partial charge in [0, 0.05) is 24.3 Å². The van der Waals surface area contributed by atoms with Gasteiger partial charge in [-0.15, -0.1) is 11.8 Å². The van der Waals surface area contributed by atoms with Gasteiger partial charge in [0.25, 0.3) is 5.91 Å². The van der Waals surface area contributed by atoms with Crippen LogP contribution in [0.15, 0.2) is 72.8 Å². The Labute approximate surface area is 223 Å². The zero-order chi connectivity index (χ0) is 25.6. The molecule has 2 amide bonds. The monoisotopic (exact) mass is 511 g/mol. The van der Waals surface area contributed by atoms with Crippen LogP contribution in [-0.4, -0.2) is 42.2 Å². The number of piperidine rings is 1. The molecule has 3 aromatic rings. The lowest BCUT2D eigenvalue weighted by atomic mass is 9.90. The van der Waals surface area contributed by atoms with Crippen LogP contribution in [0.4, 0.5) is 11.4 Å². The summed E-state index contributed by atoms with van der Waals surface area (Å²) >= 11 is 1.46. The molecule has 0 N–H and O–H groups in total. The van der Waals surface area contributed by atoms with Crippen LogP contribution in [0.2, 0.25) is 0 Å². The van der Waals surface area contributed by atoms with E-state index >= 15 is 0 Å². The minimum absolute atomic E-state index is 0.00452. The van der Waals surface area contributed by atoms with E-state index in [4.69, 9.17) is 0 Å². The predicted octanol–water partition coefficient (Wildman–Crippen LogP) is 5.50. The van der Waals surface area contributed by atoms with Gasteiger partial charge in [0.15, 0.2) is 0 Å². The Kier molecular flexibility index (Phi) is 6.33. The molecular formula is C31H33N3O2S. The minimum Gasteiger partial charge on any atom is -0.295 e. The summed E-state index contributed by atoms with van der Waals surface area (Å²) in [5.41, 5.74) is 6.23. The second-order valence-electron chi connectivity index (χ2n) is 10.7. The SMILES string of the molecule is Cc1cc(C)cc(N2C(=O)CS[C@@]23C(=O)N(CN2CCC(Cc4ccccc4)CC2)c2ccccc23)c1. The maximum atomic E-state index is 14.3. The van der Waals surface area contributed by atoms with Crippen LogP contribution in [0.1, 0.15) is 35.1 Å². The number of hydrogen-bond acceptors (Lipinski definition) is 4. The number of hydrogen-bond donors (Lipinski definition) is 0. The molecule has 0 unspecified atom stereocenters. The fourth-order valence-electron chi connectivity index (χ4n) is 6.25. The van der Waals surface area contributed by atoms with E-state index < -0.39 is 4.87 Å². The number of fused-ring (bicyclic) bond motifs is 2. The van der Waals surface area contributed by atoms with Gasteiger partial charge in [0.05, 0.1) is 18.1 Å². The number of rotatable bonds is 5. The fraction of sp³-hybridized carbons (Fsp3) is 0.355.